The summed E-state index contributed by atoms with van der Waals surface area (Å²) in [5, 5.41) is 10.3. The second-order valence-corrected chi connectivity index (χ2v) is 7.29. The molecular formula is C21H24FN7O2. The lowest BCUT2D eigenvalue weighted by Crippen LogP contribution is -2.34. The number of carbonyl (C=O) groups is 1. The molecule has 1 aliphatic rings. The zero-order valence-corrected chi connectivity index (χ0v) is 17.9. The number of hydrogen-bond donors (Lipinski definition) is 2. The number of fused-ring (bicyclic) bond motifs is 1. The van der Waals surface area contributed by atoms with Crippen molar-refractivity contribution in [3.8, 4) is 11.4 Å². The van der Waals surface area contributed by atoms with Crippen molar-refractivity contribution in [1.82, 2.24) is 24.6 Å². The molecule has 0 spiro atoms. The van der Waals surface area contributed by atoms with Crippen LogP contribution in [0.25, 0.3) is 5.69 Å². The summed E-state index contributed by atoms with van der Waals surface area (Å²) in [5.74, 6) is 0.728. The summed E-state index contributed by atoms with van der Waals surface area (Å²) in [6.07, 6.45) is 2.24. The quantitative estimate of drug-likeness (QED) is 0.649. The number of rotatable bonds is 5. The summed E-state index contributed by atoms with van der Waals surface area (Å²) in [7, 11) is 3.24. The fourth-order valence-electron chi connectivity index (χ4n) is 3.67. The molecule has 10 heteroatoms. The number of halogens is 1. The Morgan fingerprint density at radius 2 is 2.10 bits per heavy atom. The number of nitrogens with zero attached hydrogens (tertiary/aromatic N) is 5. The van der Waals surface area contributed by atoms with E-state index in [2.05, 4.69) is 25.7 Å². The maximum absolute atomic E-state index is 15.7. The van der Waals surface area contributed by atoms with Crippen LogP contribution in [-0.2, 0) is 17.8 Å². The lowest BCUT2D eigenvalue weighted by atomic mass is 10.1. The van der Waals surface area contributed by atoms with Crippen LogP contribution in [-0.4, -0.2) is 51.3 Å². The van der Waals surface area contributed by atoms with Gasteiger partial charge in [-0.15, -0.1) is 0 Å². The summed E-state index contributed by atoms with van der Waals surface area (Å²) < 4.78 is 22.7. The predicted molar refractivity (Wildman–Crippen MR) is 114 cm³/mol. The van der Waals surface area contributed by atoms with Gasteiger partial charge >= 0.3 is 0 Å². The minimum atomic E-state index is -0.532. The average Bonchev–Trinajstić information content (AvgIpc) is 3.17. The van der Waals surface area contributed by atoms with Gasteiger partial charge in [0.05, 0.1) is 24.7 Å². The zero-order valence-electron chi connectivity index (χ0n) is 17.9. The second kappa shape index (κ2) is 8.21. The monoisotopic (exact) mass is 425 g/mol. The van der Waals surface area contributed by atoms with E-state index in [1.165, 1.54) is 7.11 Å². The molecule has 0 fully saturated rings. The molecule has 2 aromatic heterocycles. The molecule has 2 N–H and O–H groups in total. The molecule has 0 bridgehead atoms. The van der Waals surface area contributed by atoms with Crippen molar-refractivity contribution in [3.05, 3.63) is 47.2 Å². The molecule has 0 saturated carbocycles. The van der Waals surface area contributed by atoms with Gasteiger partial charge in [-0.3, -0.25) is 4.79 Å². The smallest absolute Gasteiger partial charge is 0.229 e. The van der Waals surface area contributed by atoms with E-state index in [9.17, 15) is 4.79 Å². The fourth-order valence-corrected chi connectivity index (χ4v) is 3.67. The van der Waals surface area contributed by atoms with Crippen molar-refractivity contribution < 1.29 is 13.9 Å². The Balaban J connectivity index is 1.75. The third-order valence-electron chi connectivity index (χ3n) is 5.25. The van der Waals surface area contributed by atoms with Gasteiger partial charge in [0, 0.05) is 50.8 Å². The van der Waals surface area contributed by atoms with Crippen LogP contribution in [0.15, 0.2) is 24.4 Å². The molecule has 0 radical (unpaired) electrons. The highest BCUT2D eigenvalue weighted by Crippen LogP contribution is 2.34. The number of methoxy groups -OCH3 is 1. The van der Waals surface area contributed by atoms with Gasteiger partial charge in [-0.25, -0.2) is 14.1 Å². The summed E-state index contributed by atoms with van der Waals surface area (Å²) in [6, 6.07) is 5.05. The van der Waals surface area contributed by atoms with Gasteiger partial charge in [0.15, 0.2) is 5.82 Å². The lowest BCUT2D eigenvalue weighted by molar-refractivity contribution is -0.129. The Labute approximate surface area is 179 Å². The Morgan fingerprint density at radius 1 is 1.29 bits per heavy atom. The molecule has 162 valence electrons. The Hall–Kier alpha value is -3.69. The van der Waals surface area contributed by atoms with Crippen molar-refractivity contribution >= 4 is 23.4 Å². The molecule has 0 atom stereocenters. The normalized spacial score (nSPS) is 13.0. The highest BCUT2D eigenvalue weighted by molar-refractivity contribution is 5.73. The molecule has 31 heavy (non-hydrogen) atoms. The molecule has 0 aliphatic carbocycles. The van der Waals surface area contributed by atoms with Gasteiger partial charge in [-0.05, 0) is 19.1 Å². The number of benzene rings is 1. The van der Waals surface area contributed by atoms with Crippen LogP contribution in [0.4, 0.5) is 21.8 Å². The van der Waals surface area contributed by atoms with E-state index in [-0.39, 0.29) is 23.2 Å². The predicted octanol–water partition coefficient (Wildman–Crippen LogP) is 2.81. The second-order valence-electron chi connectivity index (χ2n) is 7.29. The van der Waals surface area contributed by atoms with E-state index in [0.717, 1.165) is 17.0 Å². The Kier molecular flexibility index (Phi) is 5.45. The number of aryl methyl sites for hydroxylation is 1. The summed E-state index contributed by atoms with van der Waals surface area (Å²) in [5.41, 5.74) is 2.89. The first kappa shape index (κ1) is 20.6. The lowest BCUT2D eigenvalue weighted by Gasteiger charge is -2.26. The van der Waals surface area contributed by atoms with Crippen molar-refractivity contribution in [3.63, 3.8) is 0 Å². The van der Waals surface area contributed by atoms with Gasteiger partial charge in [0.2, 0.25) is 11.9 Å². The number of hydrogen-bond acceptors (Lipinski definition) is 7. The molecule has 0 unspecified atom stereocenters. The maximum Gasteiger partial charge on any atom is 0.229 e. The van der Waals surface area contributed by atoms with Crippen molar-refractivity contribution in [2.75, 3.05) is 31.3 Å². The van der Waals surface area contributed by atoms with Gasteiger partial charge in [-0.2, -0.15) is 10.1 Å². The van der Waals surface area contributed by atoms with Crippen molar-refractivity contribution in [2.24, 2.45) is 0 Å². The number of anilines is 3. The molecule has 3 aromatic rings. The van der Waals surface area contributed by atoms with Crippen molar-refractivity contribution in [1.29, 1.82) is 0 Å². The number of ether oxygens (including phenoxy) is 1. The van der Waals surface area contributed by atoms with E-state index in [1.807, 2.05) is 6.92 Å². The van der Waals surface area contributed by atoms with Crippen LogP contribution in [0.5, 0.6) is 5.75 Å². The summed E-state index contributed by atoms with van der Waals surface area (Å²) in [4.78, 5) is 22.1. The third-order valence-corrected chi connectivity index (χ3v) is 5.25. The first-order valence-corrected chi connectivity index (χ1v) is 9.90. The number of nitrogens with one attached hydrogen (secondary N) is 2. The van der Waals surface area contributed by atoms with Crippen LogP contribution < -0.4 is 15.4 Å². The summed E-state index contributed by atoms with van der Waals surface area (Å²) in [6.45, 7) is 4.39. The largest absolute Gasteiger partial charge is 0.494 e. The minimum Gasteiger partial charge on any atom is -0.494 e. The molecule has 3 heterocycles. The zero-order chi connectivity index (χ0) is 22.1. The number of carbonyl (C=O) groups excluding carboxylic acids is 1. The minimum absolute atomic E-state index is 0.00690. The molecule has 1 aromatic carbocycles. The highest BCUT2D eigenvalue weighted by Gasteiger charge is 2.26. The van der Waals surface area contributed by atoms with Crippen molar-refractivity contribution in [2.45, 2.75) is 26.8 Å². The van der Waals surface area contributed by atoms with Crippen LogP contribution in [0.3, 0.4) is 0 Å². The van der Waals surface area contributed by atoms with E-state index >= 15 is 4.39 Å². The van der Waals surface area contributed by atoms with Crippen LogP contribution >= 0.6 is 0 Å². The van der Waals surface area contributed by atoms with E-state index < -0.39 is 5.82 Å². The van der Waals surface area contributed by atoms with Crippen LogP contribution in [0, 0.1) is 12.7 Å². The van der Waals surface area contributed by atoms with Gasteiger partial charge < -0.3 is 20.3 Å². The standard InChI is InChI=1S/C21H24FN7O2/c1-12-9-18(23-3)27-21(25-12)26-15-5-6-17(31-4)20(19(15)22)29-16-7-8-28(13(2)30)11-14(16)10-24-29/h5-6,9-10H,7-8,11H2,1-4H3,(H2,23,25,26,27). The molecule has 1 aliphatic heterocycles. The van der Waals surface area contributed by atoms with Crippen LogP contribution in [0.2, 0.25) is 0 Å². The van der Waals surface area contributed by atoms with Crippen LogP contribution in [0.1, 0.15) is 23.9 Å². The third kappa shape index (κ3) is 3.88. The van der Waals surface area contributed by atoms with E-state index in [1.54, 1.807) is 47.9 Å². The first-order chi connectivity index (χ1) is 14.9. The molecule has 4 rings (SSSR count). The molecule has 9 nitrogen and oxygen atoms in total. The average molecular weight is 425 g/mol. The topological polar surface area (TPSA) is 97.2 Å². The molecule has 0 saturated heterocycles. The number of aromatic nitrogens is 4. The molecule has 1 amide bonds. The Bertz CT molecular complexity index is 1140. The number of amides is 1. The maximum atomic E-state index is 15.7. The van der Waals surface area contributed by atoms with Gasteiger partial charge in [0.1, 0.15) is 17.3 Å². The Morgan fingerprint density at radius 3 is 2.81 bits per heavy atom. The highest BCUT2D eigenvalue weighted by atomic mass is 19.1. The SMILES string of the molecule is CNc1cc(C)nc(Nc2ccc(OC)c(-n3ncc4c3CCN(C(C)=O)C4)c2F)n1. The first-order valence-electron chi connectivity index (χ1n) is 9.90. The van der Waals surface area contributed by atoms with Gasteiger partial charge in [-0.1, -0.05) is 0 Å². The van der Waals surface area contributed by atoms with E-state index in [0.29, 0.717) is 31.1 Å². The van der Waals surface area contributed by atoms with E-state index in [4.69, 9.17) is 4.74 Å². The fraction of sp³-hybridized carbons (Fsp3) is 0.333. The molecular weight excluding hydrogens is 401 g/mol. The van der Waals surface area contributed by atoms with Gasteiger partial charge in [0.25, 0.3) is 0 Å². The summed E-state index contributed by atoms with van der Waals surface area (Å²) >= 11 is 0.